The molecule has 0 saturated heterocycles. The summed E-state index contributed by atoms with van der Waals surface area (Å²) in [5, 5.41) is 13.5. The van der Waals surface area contributed by atoms with Crippen LogP contribution in [0.15, 0.2) is 40.6 Å². The van der Waals surface area contributed by atoms with Gasteiger partial charge in [-0.25, -0.2) is 8.42 Å². The quantitative estimate of drug-likeness (QED) is 0.915. The Balaban J connectivity index is 2.05. The van der Waals surface area contributed by atoms with E-state index in [9.17, 15) is 17.2 Å². The van der Waals surface area contributed by atoms with Crippen molar-refractivity contribution in [2.75, 3.05) is 5.32 Å². The van der Waals surface area contributed by atoms with Gasteiger partial charge in [-0.2, -0.15) is 14.0 Å². The van der Waals surface area contributed by atoms with E-state index in [-0.39, 0.29) is 0 Å². The Bertz CT molecular complexity index is 762. The fourth-order valence-electron chi connectivity index (χ4n) is 1.59. The molecule has 1 aromatic carbocycles. The highest BCUT2D eigenvalue weighted by atomic mass is 32.2. The maximum Gasteiger partial charge on any atom is 0.341 e. The van der Waals surface area contributed by atoms with Gasteiger partial charge in [-0.1, -0.05) is 0 Å². The van der Waals surface area contributed by atoms with Crippen LogP contribution in [0.4, 0.5) is 14.5 Å². The molecule has 0 unspecified atom stereocenters. The van der Waals surface area contributed by atoms with Gasteiger partial charge in [-0.3, -0.25) is 0 Å². The normalized spacial score (nSPS) is 11.3. The molecule has 0 saturated carbocycles. The van der Waals surface area contributed by atoms with Gasteiger partial charge in [0.15, 0.2) is 0 Å². The first-order valence-corrected chi connectivity index (χ1v) is 8.19. The molecule has 0 fully saturated rings. The number of sulfone groups is 1. The number of rotatable bonds is 5. The molecule has 1 aromatic heterocycles. The Morgan fingerprint density at radius 2 is 1.95 bits per heavy atom. The van der Waals surface area contributed by atoms with Crippen LogP contribution in [0.1, 0.15) is 10.4 Å². The van der Waals surface area contributed by atoms with Crippen molar-refractivity contribution in [2.24, 2.45) is 0 Å². The molecule has 2 rings (SSSR count). The van der Waals surface area contributed by atoms with Crippen molar-refractivity contribution in [1.82, 2.24) is 0 Å². The Labute approximate surface area is 124 Å². The van der Waals surface area contributed by atoms with Crippen molar-refractivity contribution >= 4 is 26.9 Å². The van der Waals surface area contributed by atoms with Gasteiger partial charge in [-0.15, -0.1) is 11.3 Å². The zero-order chi connectivity index (χ0) is 15.5. The molecule has 0 bridgehead atoms. The summed E-state index contributed by atoms with van der Waals surface area (Å²) in [6, 6.07) is 8.89. The average molecular weight is 328 g/mol. The van der Waals surface area contributed by atoms with Crippen LogP contribution in [0.25, 0.3) is 0 Å². The molecule has 0 radical (unpaired) electrons. The van der Waals surface area contributed by atoms with Gasteiger partial charge in [0, 0.05) is 22.5 Å². The van der Waals surface area contributed by atoms with E-state index < -0.39 is 20.5 Å². The molecule has 8 heteroatoms. The van der Waals surface area contributed by atoms with Crippen LogP contribution in [-0.2, 0) is 16.4 Å². The van der Waals surface area contributed by atoms with Gasteiger partial charge >= 0.3 is 5.76 Å². The molecule has 110 valence electrons. The van der Waals surface area contributed by atoms with Crippen LogP contribution in [0.5, 0.6) is 0 Å². The van der Waals surface area contributed by atoms with Gasteiger partial charge < -0.3 is 5.32 Å². The zero-order valence-corrected chi connectivity index (χ0v) is 12.2. The summed E-state index contributed by atoms with van der Waals surface area (Å²) in [6.07, 6.45) is 0. The first kappa shape index (κ1) is 15.4. The summed E-state index contributed by atoms with van der Waals surface area (Å²) < 4.78 is 47.3. The minimum absolute atomic E-state index is 0.411. The Morgan fingerprint density at radius 1 is 1.29 bits per heavy atom. The summed E-state index contributed by atoms with van der Waals surface area (Å²) in [5.74, 6) is -3.42. The van der Waals surface area contributed by atoms with Gasteiger partial charge in [0.05, 0.1) is 10.5 Å². The second-order valence-electron chi connectivity index (χ2n) is 4.10. The SMILES string of the molecule is N#Cc1csc(CNc2ccc(S(=O)(=O)C(F)F)cc2)c1. The molecular formula is C13H10F2N2O2S2. The third-order valence-corrected chi connectivity index (χ3v) is 5.00. The predicted molar refractivity (Wildman–Crippen MR) is 76.0 cm³/mol. The third kappa shape index (κ3) is 3.56. The van der Waals surface area contributed by atoms with Gasteiger partial charge in [0.2, 0.25) is 9.84 Å². The lowest BCUT2D eigenvalue weighted by atomic mass is 10.3. The molecule has 0 spiro atoms. The van der Waals surface area contributed by atoms with E-state index in [4.69, 9.17) is 5.26 Å². The molecule has 21 heavy (non-hydrogen) atoms. The highest BCUT2D eigenvalue weighted by Crippen LogP contribution is 2.21. The highest BCUT2D eigenvalue weighted by Gasteiger charge is 2.26. The smallest absolute Gasteiger partial charge is 0.341 e. The highest BCUT2D eigenvalue weighted by molar-refractivity contribution is 7.91. The maximum atomic E-state index is 12.4. The lowest BCUT2D eigenvalue weighted by Gasteiger charge is -2.07. The number of benzene rings is 1. The number of thiophene rings is 1. The molecule has 2 aromatic rings. The molecule has 1 N–H and O–H groups in total. The molecule has 4 nitrogen and oxygen atoms in total. The van der Waals surface area contributed by atoms with Crippen molar-refractivity contribution < 1.29 is 17.2 Å². The van der Waals surface area contributed by atoms with Crippen molar-refractivity contribution in [3.05, 3.63) is 46.2 Å². The van der Waals surface area contributed by atoms with E-state index >= 15 is 0 Å². The van der Waals surface area contributed by atoms with Crippen molar-refractivity contribution in [2.45, 2.75) is 17.2 Å². The molecule has 0 aliphatic heterocycles. The van der Waals surface area contributed by atoms with Crippen molar-refractivity contribution in [3.8, 4) is 6.07 Å². The summed E-state index contributed by atoms with van der Waals surface area (Å²) in [6.45, 7) is 0.466. The van der Waals surface area contributed by atoms with Gasteiger partial charge in [0.1, 0.15) is 6.07 Å². The Kier molecular flexibility index (Phi) is 4.55. The lowest BCUT2D eigenvalue weighted by molar-refractivity contribution is 0.234. The first-order chi connectivity index (χ1) is 9.93. The largest absolute Gasteiger partial charge is 0.380 e. The summed E-state index contributed by atoms with van der Waals surface area (Å²) in [5.41, 5.74) is 1.19. The standard InChI is InChI=1S/C13H10F2N2O2S2/c14-13(15)21(18,19)12-3-1-10(2-4-12)17-7-11-5-9(6-16)8-20-11/h1-5,8,13,17H,7H2. The van der Waals surface area contributed by atoms with E-state index in [1.165, 1.54) is 23.5 Å². The predicted octanol–water partition coefficient (Wildman–Crippen LogP) is 3.23. The first-order valence-electron chi connectivity index (χ1n) is 5.77. The minimum Gasteiger partial charge on any atom is -0.380 e. The summed E-state index contributed by atoms with van der Waals surface area (Å²) in [7, 11) is -4.56. The molecular weight excluding hydrogens is 318 g/mol. The van der Waals surface area contributed by atoms with E-state index in [2.05, 4.69) is 5.32 Å². The molecule has 0 amide bonds. The number of hydrogen-bond donors (Lipinski definition) is 1. The Hall–Kier alpha value is -1.98. The fraction of sp³-hybridized carbons (Fsp3) is 0.154. The Morgan fingerprint density at radius 3 is 2.48 bits per heavy atom. The third-order valence-electron chi connectivity index (χ3n) is 2.67. The number of nitriles is 1. The maximum absolute atomic E-state index is 12.4. The molecule has 0 aliphatic carbocycles. The average Bonchev–Trinajstić information content (AvgIpc) is 2.93. The second kappa shape index (κ2) is 6.20. The number of anilines is 1. The molecule has 0 aliphatic rings. The van der Waals surface area contributed by atoms with Crippen LogP contribution in [-0.4, -0.2) is 14.2 Å². The number of alkyl halides is 2. The van der Waals surface area contributed by atoms with Crippen LogP contribution in [0.2, 0.25) is 0 Å². The van der Waals surface area contributed by atoms with Gasteiger partial charge in [-0.05, 0) is 30.3 Å². The van der Waals surface area contributed by atoms with E-state index in [1.807, 2.05) is 6.07 Å². The monoisotopic (exact) mass is 328 g/mol. The van der Waals surface area contributed by atoms with Crippen LogP contribution < -0.4 is 5.32 Å². The van der Waals surface area contributed by atoms with E-state index in [0.29, 0.717) is 17.8 Å². The molecule has 1 heterocycles. The zero-order valence-electron chi connectivity index (χ0n) is 10.6. The summed E-state index contributed by atoms with van der Waals surface area (Å²) in [4.78, 5) is 0.529. The van der Waals surface area contributed by atoms with Gasteiger partial charge in [0.25, 0.3) is 0 Å². The number of halogens is 2. The summed E-state index contributed by atoms with van der Waals surface area (Å²) >= 11 is 1.42. The second-order valence-corrected chi connectivity index (χ2v) is 7.01. The number of nitrogens with one attached hydrogen (secondary N) is 1. The molecule has 0 atom stereocenters. The minimum atomic E-state index is -4.56. The number of nitrogens with zero attached hydrogens (tertiary/aromatic N) is 1. The van der Waals surface area contributed by atoms with Crippen LogP contribution in [0.3, 0.4) is 0 Å². The fourth-order valence-corrected chi connectivity index (χ4v) is 3.06. The van der Waals surface area contributed by atoms with Crippen LogP contribution in [0, 0.1) is 11.3 Å². The van der Waals surface area contributed by atoms with E-state index in [1.54, 1.807) is 11.4 Å². The topological polar surface area (TPSA) is 70.0 Å². The lowest BCUT2D eigenvalue weighted by Crippen LogP contribution is -2.11. The van der Waals surface area contributed by atoms with Crippen LogP contribution >= 0.6 is 11.3 Å². The van der Waals surface area contributed by atoms with Crippen molar-refractivity contribution in [3.63, 3.8) is 0 Å². The van der Waals surface area contributed by atoms with Crippen molar-refractivity contribution in [1.29, 1.82) is 5.26 Å². The van der Waals surface area contributed by atoms with E-state index in [0.717, 1.165) is 17.0 Å². The number of hydrogen-bond acceptors (Lipinski definition) is 5.